The minimum atomic E-state index is -0.00125. The van der Waals surface area contributed by atoms with Crippen LogP contribution >= 0.6 is 0 Å². The molecule has 3 rings (SSSR count). The Labute approximate surface area is 131 Å². The fourth-order valence-corrected chi connectivity index (χ4v) is 3.37. The summed E-state index contributed by atoms with van der Waals surface area (Å²) in [5.74, 6) is 0.268. The molecule has 2 aliphatic rings. The molecule has 2 fully saturated rings. The molecule has 0 saturated carbocycles. The Hall–Kier alpha value is -1.40. The van der Waals surface area contributed by atoms with Crippen LogP contribution in [0.25, 0.3) is 0 Å². The van der Waals surface area contributed by atoms with E-state index in [1.54, 1.807) is 6.20 Å². The molecule has 0 unspecified atom stereocenters. The first-order chi connectivity index (χ1) is 10.6. The van der Waals surface area contributed by atoms with E-state index in [1.807, 2.05) is 0 Å². The quantitative estimate of drug-likeness (QED) is 0.885. The van der Waals surface area contributed by atoms with Gasteiger partial charge >= 0.3 is 0 Å². The van der Waals surface area contributed by atoms with Crippen LogP contribution in [-0.2, 0) is 4.74 Å². The summed E-state index contributed by atoms with van der Waals surface area (Å²) in [5, 5.41) is 10.2. The van der Waals surface area contributed by atoms with Crippen LogP contribution in [-0.4, -0.2) is 59.4 Å². The molecule has 0 aromatic carbocycles. The minimum Gasteiger partial charge on any atom is -0.381 e. The van der Waals surface area contributed by atoms with Crippen molar-refractivity contribution < 1.29 is 9.53 Å². The number of amides is 1. The van der Waals surface area contributed by atoms with Crippen molar-refractivity contribution in [2.24, 2.45) is 0 Å². The summed E-state index contributed by atoms with van der Waals surface area (Å²) in [6.45, 7) is 7.99. The number of nitrogens with one attached hydrogen (secondary N) is 2. The normalized spacial score (nSPS) is 24.0. The lowest BCUT2D eigenvalue weighted by molar-refractivity contribution is 0.0899. The second kappa shape index (κ2) is 6.79. The van der Waals surface area contributed by atoms with Crippen molar-refractivity contribution in [3.63, 3.8) is 0 Å². The third-order valence-electron chi connectivity index (χ3n) is 4.85. The van der Waals surface area contributed by atoms with Gasteiger partial charge in [-0.25, -0.2) is 0 Å². The number of carbonyl (C=O) groups is 1. The Balaban J connectivity index is 1.58. The van der Waals surface area contributed by atoms with Gasteiger partial charge in [0.2, 0.25) is 0 Å². The van der Waals surface area contributed by atoms with Crippen LogP contribution < -0.4 is 5.32 Å². The highest BCUT2D eigenvalue weighted by atomic mass is 16.5. The van der Waals surface area contributed by atoms with Gasteiger partial charge in [-0.1, -0.05) is 0 Å². The number of likely N-dealkylation sites (tertiary alicyclic amines) is 1. The fourth-order valence-electron chi connectivity index (χ4n) is 3.37. The molecule has 2 saturated heterocycles. The second-order valence-electron chi connectivity index (χ2n) is 6.64. The predicted molar refractivity (Wildman–Crippen MR) is 84.0 cm³/mol. The zero-order chi connectivity index (χ0) is 15.5. The maximum Gasteiger partial charge on any atom is 0.254 e. The largest absolute Gasteiger partial charge is 0.381 e. The molecule has 1 aromatic heterocycles. The summed E-state index contributed by atoms with van der Waals surface area (Å²) in [7, 11) is 0. The highest BCUT2D eigenvalue weighted by molar-refractivity contribution is 5.95. The number of carbonyl (C=O) groups excluding carboxylic acids is 1. The third-order valence-corrected chi connectivity index (χ3v) is 4.85. The maximum atomic E-state index is 12.5. The topological polar surface area (TPSA) is 70.2 Å². The summed E-state index contributed by atoms with van der Waals surface area (Å²) in [6, 6.07) is 0.851. The van der Waals surface area contributed by atoms with Gasteiger partial charge in [0, 0.05) is 37.7 Å². The van der Waals surface area contributed by atoms with Gasteiger partial charge in [0.25, 0.3) is 5.91 Å². The summed E-state index contributed by atoms with van der Waals surface area (Å²) in [6.07, 6.45) is 4.63. The monoisotopic (exact) mass is 306 g/mol. The van der Waals surface area contributed by atoms with Gasteiger partial charge in [-0.05, 0) is 33.1 Å². The van der Waals surface area contributed by atoms with Crippen LogP contribution in [0.1, 0.15) is 55.1 Å². The predicted octanol–water partition coefficient (Wildman–Crippen LogP) is 1.52. The number of aromatic amines is 1. The molecule has 22 heavy (non-hydrogen) atoms. The molecule has 0 aliphatic carbocycles. The van der Waals surface area contributed by atoms with Crippen molar-refractivity contribution in [1.29, 1.82) is 0 Å². The van der Waals surface area contributed by atoms with E-state index < -0.39 is 0 Å². The summed E-state index contributed by atoms with van der Waals surface area (Å²) < 4.78 is 5.41. The molecule has 2 aliphatic heterocycles. The number of ether oxygens (including phenoxy) is 1. The third kappa shape index (κ3) is 3.33. The van der Waals surface area contributed by atoms with Gasteiger partial charge in [-0.3, -0.25) is 9.89 Å². The molecule has 0 bridgehead atoms. The lowest BCUT2D eigenvalue weighted by atomic mass is 9.99. The number of hydrogen-bond donors (Lipinski definition) is 2. The summed E-state index contributed by atoms with van der Waals surface area (Å²) in [5.41, 5.74) is 1.61. The number of H-pyrrole nitrogens is 1. The molecular weight excluding hydrogens is 280 g/mol. The molecule has 2 N–H and O–H groups in total. The van der Waals surface area contributed by atoms with Gasteiger partial charge < -0.3 is 15.0 Å². The maximum absolute atomic E-state index is 12.5. The van der Waals surface area contributed by atoms with Crippen LogP contribution in [0.4, 0.5) is 0 Å². The standard InChI is InChI=1S/C16H26N4O2/c1-11(2)20-6-3-13(4-7-20)18-16(21)14-9-17-19-15(14)12-5-8-22-10-12/h9,11-13H,3-8,10H2,1-2H3,(H,17,19)(H,18,21)/t12-/m0/s1. The van der Waals surface area contributed by atoms with Crippen molar-refractivity contribution in [1.82, 2.24) is 20.4 Å². The average molecular weight is 306 g/mol. The van der Waals surface area contributed by atoms with E-state index in [1.165, 1.54) is 0 Å². The molecule has 1 amide bonds. The highest BCUT2D eigenvalue weighted by Gasteiger charge is 2.27. The van der Waals surface area contributed by atoms with Gasteiger partial charge in [-0.2, -0.15) is 5.10 Å². The Morgan fingerprint density at radius 2 is 2.18 bits per heavy atom. The lowest BCUT2D eigenvalue weighted by Gasteiger charge is -2.34. The van der Waals surface area contributed by atoms with Gasteiger partial charge in [-0.15, -0.1) is 0 Å². The Kier molecular flexibility index (Phi) is 4.78. The molecular formula is C16H26N4O2. The zero-order valence-electron chi connectivity index (χ0n) is 13.5. The smallest absolute Gasteiger partial charge is 0.254 e. The Morgan fingerprint density at radius 3 is 2.82 bits per heavy atom. The van der Waals surface area contributed by atoms with Gasteiger partial charge in [0.05, 0.1) is 24.1 Å². The molecule has 1 atom stereocenters. The summed E-state index contributed by atoms with van der Waals surface area (Å²) in [4.78, 5) is 15.0. The Bertz CT molecular complexity index is 500. The van der Waals surface area contributed by atoms with Crippen molar-refractivity contribution in [3.8, 4) is 0 Å². The number of hydrogen-bond acceptors (Lipinski definition) is 4. The van der Waals surface area contributed by atoms with Gasteiger partial charge in [0.1, 0.15) is 0 Å². The van der Waals surface area contributed by atoms with E-state index in [9.17, 15) is 4.79 Å². The van der Waals surface area contributed by atoms with Crippen LogP contribution in [0.15, 0.2) is 6.20 Å². The van der Waals surface area contributed by atoms with Crippen molar-refractivity contribution >= 4 is 5.91 Å². The van der Waals surface area contributed by atoms with E-state index in [4.69, 9.17) is 4.74 Å². The molecule has 122 valence electrons. The minimum absolute atomic E-state index is 0.00125. The van der Waals surface area contributed by atoms with Crippen molar-refractivity contribution in [2.75, 3.05) is 26.3 Å². The molecule has 0 radical (unpaired) electrons. The molecule has 6 nitrogen and oxygen atoms in total. The first-order valence-electron chi connectivity index (χ1n) is 8.31. The molecule has 1 aromatic rings. The zero-order valence-corrected chi connectivity index (χ0v) is 13.5. The van der Waals surface area contributed by atoms with E-state index >= 15 is 0 Å². The summed E-state index contributed by atoms with van der Waals surface area (Å²) >= 11 is 0. The first-order valence-corrected chi connectivity index (χ1v) is 8.31. The van der Waals surface area contributed by atoms with Crippen LogP contribution in [0.5, 0.6) is 0 Å². The van der Waals surface area contributed by atoms with Crippen LogP contribution in [0.2, 0.25) is 0 Å². The second-order valence-corrected chi connectivity index (χ2v) is 6.64. The van der Waals surface area contributed by atoms with E-state index in [0.717, 1.165) is 44.7 Å². The van der Waals surface area contributed by atoms with Crippen LogP contribution in [0.3, 0.4) is 0 Å². The van der Waals surface area contributed by atoms with Crippen molar-refractivity contribution in [2.45, 2.75) is 51.1 Å². The van der Waals surface area contributed by atoms with E-state index in [-0.39, 0.29) is 17.9 Å². The number of rotatable bonds is 4. The number of nitrogens with zero attached hydrogens (tertiary/aromatic N) is 2. The van der Waals surface area contributed by atoms with Gasteiger partial charge in [0.15, 0.2) is 0 Å². The molecule has 0 spiro atoms. The molecule has 3 heterocycles. The van der Waals surface area contributed by atoms with Crippen molar-refractivity contribution in [3.05, 3.63) is 17.5 Å². The van der Waals surface area contributed by atoms with E-state index in [2.05, 4.69) is 34.3 Å². The SMILES string of the molecule is CC(C)N1CCC(NC(=O)c2cn[nH]c2[C@H]2CCOC2)CC1. The van der Waals surface area contributed by atoms with Crippen LogP contribution in [0, 0.1) is 0 Å². The Morgan fingerprint density at radius 1 is 1.41 bits per heavy atom. The first kappa shape index (κ1) is 15.5. The van der Waals surface area contributed by atoms with E-state index in [0.29, 0.717) is 18.2 Å². The number of piperidine rings is 1. The average Bonchev–Trinajstić information content (AvgIpc) is 3.18. The highest BCUT2D eigenvalue weighted by Crippen LogP contribution is 2.26. The molecule has 6 heteroatoms. The number of aromatic nitrogens is 2. The lowest BCUT2D eigenvalue weighted by Crippen LogP contribution is -2.46. The fraction of sp³-hybridized carbons (Fsp3) is 0.750.